The lowest BCUT2D eigenvalue weighted by atomic mass is 10.2. The van der Waals surface area contributed by atoms with E-state index in [9.17, 15) is 9.59 Å². The predicted octanol–water partition coefficient (Wildman–Crippen LogP) is 1.45. The molecule has 0 fully saturated rings. The van der Waals surface area contributed by atoms with Gasteiger partial charge in [-0.25, -0.2) is 4.98 Å². The molecule has 2 heterocycles. The lowest BCUT2D eigenvalue weighted by Gasteiger charge is -2.32. The summed E-state index contributed by atoms with van der Waals surface area (Å²) in [4.78, 5) is 30.6. The number of aromatic nitrogens is 1. The number of carbonyl (C=O) groups is 2. The molecule has 0 aliphatic carbocycles. The molecule has 2 rings (SSSR count). The topological polar surface area (TPSA) is 71.5 Å². The van der Waals surface area contributed by atoms with Gasteiger partial charge in [-0.1, -0.05) is 18.7 Å². The van der Waals surface area contributed by atoms with Gasteiger partial charge in [0, 0.05) is 32.8 Å². The van der Waals surface area contributed by atoms with E-state index in [0.29, 0.717) is 19.7 Å². The van der Waals surface area contributed by atoms with Crippen LogP contribution in [0.15, 0.2) is 23.4 Å². The molecule has 1 atom stereocenters. The third-order valence-electron chi connectivity index (χ3n) is 3.28. The number of pyridine rings is 1. The van der Waals surface area contributed by atoms with Gasteiger partial charge in [0.15, 0.2) is 0 Å². The smallest absolute Gasteiger partial charge is 0.241 e. The number of methoxy groups -OCH3 is 1. The van der Waals surface area contributed by atoms with Crippen LogP contribution in [0.5, 0.6) is 0 Å². The average Bonchev–Trinajstić information content (AvgIpc) is 2.51. The zero-order chi connectivity index (χ0) is 15.9. The first-order valence-electron chi connectivity index (χ1n) is 7.36. The van der Waals surface area contributed by atoms with Crippen LogP contribution in [-0.2, 0) is 14.3 Å². The fraction of sp³-hybridized carbons (Fsp3) is 0.533. The first-order valence-corrected chi connectivity index (χ1v) is 8.24. The third-order valence-corrected chi connectivity index (χ3v) is 4.47. The highest BCUT2D eigenvalue weighted by Gasteiger charge is 2.35. The lowest BCUT2D eigenvalue weighted by Crippen LogP contribution is -2.43. The number of amides is 2. The second kappa shape index (κ2) is 8.14. The minimum absolute atomic E-state index is 0.0192. The van der Waals surface area contributed by atoms with Crippen LogP contribution in [0.4, 0.5) is 5.69 Å². The number of ether oxygens (including phenoxy) is 1. The van der Waals surface area contributed by atoms with Gasteiger partial charge in [-0.2, -0.15) is 0 Å². The van der Waals surface area contributed by atoms with E-state index >= 15 is 0 Å². The van der Waals surface area contributed by atoms with Crippen molar-refractivity contribution in [2.75, 3.05) is 31.7 Å². The summed E-state index contributed by atoms with van der Waals surface area (Å²) in [5.74, 6) is -0.159. The molecule has 7 heteroatoms. The molecule has 1 aliphatic heterocycles. The van der Waals surface area contributed by atoms with Crippen molar-refractivity contribution < 1.29 is 14.3 Å². The molecule has 1 N–H and O–H groups in total. The molecule has 0 bridgehead atoms. The minimum Gasteiger partial charge on any atom is -0.383 e. The summed E-state index contributed by atoms with van der Waals surface area (Å²) < 4.78 is 4.89. The second-order valence-corrected chi connectivity index (χ2v) is 6.16. The molecule has 0 saturated heterocycles. The van der Waals surface area contributed by atoms with Crippen LogP contribution in [0, 0.1) is 0 Å². The molecule has 6 nitrogen and oxygen atoms in total. The van der Waals surface area contributed by atoms with Crippen LogP contribution in [-0.4, -0.2) is 48.9 Å². The molecular formula is C15H21N3O3S. The number of fused-ring (bicyclic) bond motifs is 1. The van der Waals surface area contributed by atoms with Gasteiger partial charge in [-0.05, 0) is 18.6 Å². The number of nitrogens with zero attached hydrogens (tertiary/aromatic N) is 2. The maximum Gasteiger partial charge on any atom is 0.241 e. The number of hydrogen-bond acceptors (Lipinski definition) is 5. The summed E-state index contributed by atoms with van der Waals surface area (Å²) in [7, 11) is 1.58. The van der Waals surface area contributed by atoms with Gasteiger partial charge >= 0.3 is 0 Å². The van der Waals surface area contributed by atoms with Crippen molar-refractivity contribution in [1.29, 1.82) is 0 Å². The van der Waals surface area contributed by atoms with Gasteiger partial charge in [0.25, 0.3) is 0 Å². The Hall–Kier alpha value is -1.60. The van der Waals surface area contributed by atoms with Crippen molar-refractivity contribution in [1.82, 2.24) is 10.3 Å². The highest BCUT2D eigenvalue weighted by molar-refractivity contribution is 8.00. The van der Waals surface area contributed by atoms with E-state index in [2.05, 4.69) is 10.3 Å². The Labute approximate surface area is 134 Å². The molecule has 0 radical (unpaired) electrons. The molecule has 120 valence electrons. The number of carbonyl (C=O) groups excluding carboxylic acids is 2. The molecule has 1 aromatic heterocycles. The van der Waals surface area contributed by atoms with Crippen LogP contribution in [0.3, 0.4) is 0 Å². The van der Waals surface area contributed by atoms with Crippen LogP contribution in [0.1, 0.15) is 19.8 Å². The Morgan fingerprint density at radius 1 is 1.55 bits per heavy atom. The lowest BCUT2D eigenvalue weighted by molar-refractivity contribution is -0.125. The monoisotopic (exact) mass is 323 g/mol. The van der Waals surface area contributed by atoms with Gasteiger partial charge < -0.3 is 15.0 Å². The zero-order valence-electron chi connectivity index (χ0n) is 12.9. The molecule has 22 heavy (non-hydrogen) atoms. The maximum absolute atomic E-state index is 12.6. The van der Waals surface area contributed by atoms with Crippen molar-refractivity contribution in [3.05, 3.63) is 18.3 Å². The van der Waals surface area contributed by atoms with E-state index in [4.69, 9.17) is 4.74 Å². The Morgan fingerprint density at radius 3 is 3.09 bits per heavy atom. The largest absolute Gasteiger partial charge is 0.383 e. The van der Waals surface area contributed by atoms with Crippen LogP contribution in [0.25, 0.3) is 0 Å². The maximum atomic E-state index is 12.6. The van der Waals surface area contributed by atoms with Crippen LogP contribution >= 0.6 is 11.8 Å². The van der Waals surface area contributed by atoms with Crippen molar-refractivity contribution in [2.45, 2.75) is 30.0 Å². The molecule has 0 saturated carbocycles. The fourth-order valence-electron chi connectivity index (χ4n) is 2.27. The molecule has 0 unspecified atom stereocenters. The number of thioether (sulfide) groups is 1. The summed E-state index contributed by atoms with van der Waals surface area (Å²) >= 11 is 1.37. The minimum atomic E-state index is -0.420. The van der Waals surface area contributed by atoms with Gasteiger partial charge in [0.05, 0.1) is 17.5 Å². The van der Waals surface area contributed by atoms with E-state index in [0.717, 1.165) is 17.1 Å². The van der Waals surface area contributed by atoms with Gasteiger partial charge in [0.1, 0.15) is 5.03 Å². The molecule has 1 aromatic rings. The van der Waals surface area contributed by atoms with E-state index in [-0.39, 0.29) is 18.2 Å². The normalized spacial score (nSPS) is 17.3. The first kappa shape index (κ1) is 16.8. The van der Waals surface area contributed by atoms with E-state index in [1.807, 2.05) is 19.1 Å². The Bertz CT molecular complexity index is 539. The SMILES string of the molecule is CCCN1C(=O)[C@@H](CC(=O)NCCOC)Sc2ncccc21. The highest BCUT2D eigenvalue weighted by atomic mass is 32.2. The molecule has 1 aliphatic rings. The average molecular weight is 323 g/mol. The van der Waals surface area contributed by atoms with Gasteiger partial charge in [0.2, 0.25) is 11.8 Å². The Balaban J connectivity index is 2.07. The van der Waals surface area contributed by atoms with Crippen molar-refractivity contribution in [2.24, 2.45) is 0 Å². The van der Waals surface area contributed by atoms with E-state index in [1.165, 1.54) is 11.8 Å². The summed E-state index contributed by atoms with van der Waals surface area (Å²) in [5, 5.41) is 3.14. The number of rotatable bonds is 7. The highest BCUT2D eigenvalue weighted by Crippen LogP contribution is 2.38. The van der Waals surface area contributed by atoms with E-state index < -0.39 is 5.25 Å². The number of nitrogens with one attached hydrogen (secondary N) is 1. The third kappa shape index (κ3) is 3.98. The molecule has 2 amide bonds. The summed E-state index contributed by atoms with van der Waals surface area (Å²) in [6, 6.07) is 3.73. The number of anilines is 1. The summed E-state index contributed by atoms with van der Waals surface area (Å²) in [6.45, 7) is 3.58. The number of hydrogen-bond donors (Lipinski definition) is 1. The van der Waals surface area contributed by atoms with Crippen molar-refractivity contribution >= 4 is 29.3 Å². The van der Waals surface area contributed by atoms with Crippen molar-refractivity contribution in [3.63, 3.8) is 0 Å². The summed E-state index contributed by atoms with van der Waals surface area (Å²) in [6.07, 6.45) is 2.72. The molecular weight excluding hydrogens is 302 g/mol. The van der Waals surface area contributed by atoms with Crippen LogP contribution in [0.2, 0.25) is 0 Å². The fourth-order valence-corrected chi connectivity index (χ4v) is 3.43. The zero-order valence-corrected chi connectivity index (χ0v) is 13.7. The van der Waals surface area contributed by atoms with Gasteiger partial charge in [-0.15, -0.1) is 0 Å². The second-order valence-electron chi connectivity index (χ2n) is 4.97. The predicted molar refractivity (Wildman–Crippen MR) is 86.0 cm³/mol. The quantitative estimate of drug-likeness (QED) is 0.769. The van der Waals surface area contributed by atoms with E-state index in [1.54, 1.807) is 18.2 Å². The first-order chi connectivity index (χ1) is 10.7. The van der Waals surface area contributed by atoms with Gasteiger partial charge in [-0.3, -0.25) is 9.59 Å². The summed E-state index contributed by atoms with van der Waals surface area (Å²) in [5.41, 5.74) is 0.843. The van der Waals surface area contributed by atoms with Crippen molar-refractivity contribution in [3.8, 4) is 0 Å². The standard InChI is InChI=1S/C15H21N3O3S/c1-3-8-18-11-5-4-6-17-14(11)22-12(15(18)20)10-13(19)16-7-9-21-2/h4-6,12H,3,7-10H2,1-2H3,(H,16,19)/t12-/m1/s1. The Morgan fingerprint density at radius 2 is 2.36 bits per heavy atom. The Kier molecular flexibility index (Phi) is 6.21. The van der Waals surface area contributed by atoms with Crippen LogP contribution < -0.4 is 10.2 Å². The molecule has 0 spiro atoms. The molecule has 0 aromatic carbocycles.